The van der Waals surface area contributed by atoms with Crippen molar-refractivity contribution in [1.82, 2.24) is 0 Å². The van der Waals surface area contributed by atoms with Crippen molar-refractivity contribution in [2.75, 3.05) is 18.4 Å². The second-order valence-corrected chi connectivity index (χ2v) is 10.3. The average Bonchev–Trinajstić information content (AvgIpc) is 3.05. The maximum Gasteiger partial charge on any atom is 0.256 e. The summed E-state index contributed by atoms with van der Waals surface area (Å²) in [5, 5.41) is 4.96. The highest BCUT2D eigenvalue weighted by atomic mass is 35.5. The van der Waals surface area contributed by atoms with E-state index in [0.717, 1.165) is 29.0 Å². The van der Waals surface area contributed by atoms with E-state index in [1.807, 2.05) is 42.5 Å². The molecule has 2 heterocycles. The van der Waals surface area contributed by atoms with Crippen molar-refractivity contribution in [2.24, 2.45) is 5.92 Å². The standard InChI is InChI=1S/C26H29ClN2OS/c1-17-13-15-29(16-14-17)24(20-9-11-22(27)12-10-20)23-18(2)19(3)31-26(23)28-25(30)21-7-5-4-6-8-21/h4-12,17,24H,13-16H2,1-3H3,(H,28,30)/p+1/t24-/m0/s1. The molecule has 4 rings (SSSR count). The lowest BCUT2D eigenvalue weighted by Gasteiger charge is -2.35. The van der Waals surface area contributed by atoms with Crippen LogP contribution in [0.25, 0.3) is 0 Å². The zero-order chi connectivity index (χ0) is 22.0. The summed E-state index contributed by atoms with van der Waals surface area (Å²) in [6.07, 6.45) is 2.46. The molecule has 3 aromatic rings. The van der Waals surface area contributed by atoms with Gasteiger partial charge in [-0.1, -0.05) is 48.9 Å². The normalized spacial score (nSPS) is 19.7. The van der Waals surface area contributed by atoms with Crippen molar-refractivity contribution in [3.63, 3.8) is 0 Å². The highest BCUT2D eigenvalue weighted by Crippen LogP contribution is 2.39. The minimum atomic E-state index is -0.0553. The number of benzene rings is 2. The number of hydrogen-bond donors (Lipinski definition) is 2. The topological polar surface area (TPSA) is 33.5 Å². The lowest BCUT2D eigenvalue weighted by Crippen LogP contribution is -3.13. The van der Waals surface area contributed by atoms with Crippen molar-refractivity contribution in [2.45, 2.75) is 39.7 Å². The van der Waals surface area contributed by atoms with Crippen LogP contribution in [0.1, 0.15) is 57.7 Å². The molecule has 1 aliphatic rings. The molecule has 162 valence electrons. The van der Waals surface area contributed by atoms with Crippen LogP contribution in [0.5, 0.6) is 0 Å². The van der Waals surface area contributed by atoms with Crippen LogP contribution in [0.4, 0.5) is 5.00 Å². The van der Waals surface area contributed by atoms with Gasteiger partial charge in [-0.15, -0.1) is 11.3 Å². The van der Waals surface area contributed by atoms with E-state index >= 15 is 0 Å². The van der Waals surface area contributed by atoms with Crippen molar-refractivity contribution in [3.05, 3.63) is 86.8 Å². The summed E-state index contributed by atoms with van der Waals surface area (Å²) in [5.41, 5.74) is 4.46. The van der Waals surface area contributed by atoms with Gasteiger partial charge in [0.1, 0.15) is 11.0 Å². The van der Waals surface area contributed by atoms with Gasteiger partial charge in [0.25, 0.3) is 5.91 Å². The van der Waals surface area contributed by atoms with Crippen LogP contribution in [0.2, 0.25) is 5.02 Å². The number of hydrogen-bond acceptors (Lipinski definition) is 2. The Bertz CT molecular complexity index is 1040. The predicted molar refractivity (Wildman–Crippen MR) is 131 cm³/mol. The lowest BCUT2D eigenvalue weighted by molar-refractivity contribution is -0.931. The van der Waals surface area contributed by atoms with Crippen LogP contribution in [0, 0.1) is 19.8 Å². The molecular weight excluding hydrogens is 424 g/mol. The van der Waals surface area contributed by atoms with E-state index in [9.17, 15) is 4.79 Å². The minimum absolute atomic E-state index is 0.0553. The van der Waals surface area contributed by atoms with E-state index in [0.29, 0.717) is 5.56 Å². The monoisotopic (exact) mass is 453 g/mol. The Labute approximate surface area is 194 Å². The first-order chi connectivity index (χ1) is 14.9. The van der Waals surface area contributed by atoms with Gasteiger partial charge in [0.15, 0.2) is 0 Å². The predicted octanol–water partition coefficient (Wildman–Crippen LogP) is 5.67. The molecular formula is C26H30ClN2OS+. The fourth-order valence-corrected chi connectivity index (χ4v) is 5.75. The molecule has 1 saturated heterocycles. The molecule has 2 N–H and O–H groups in total. The number of nitrogens with one attached hydrogen (secondary N) is 2. The molecule has 0 radical (unpaired) electrons. The fraction of sp³-hybridized carbons (Fsp3) is 0.346. The molecule has 0 spiro atoms. The van der Waals surface area contributed by atoms with Gasteiger partial charge in [0.05, 0.1) is 18.7 Å². The van der Waals surface area contributed by atoms with Gasteiger partial charge in [-0.3, -0.25) is 4.79 Å². The van der Waals surface area contributed by atoms with E-state index < -0.39 is 0 Å². The third-order valence-corrected chi connectivity index (χ3v) is 7.90. The Morgan fingerprint density at radius 3 is 2.35 bits per heavy atom. The summed E-state index contributed by atoms with van der Waals surface area (Å²) in [5.74, 6) is 0.720. The molecule has 3 nitrogen and oxygen atoms in total. The second kappa shape index (κ2) is 9.56. The molecule has 0 aliphatic carbocycles. The molecule has 1 amide bonds. The number of rotatable bonds is 5. The van der Waals surface area contributed by atoms with Crippen LogP contribution in [0.15, 0.2) is 54.6 Å². The molecule has 0 unspecified atom stereocenters. The summed E-state index contributed by atoms with van der Waals surface area (Å²) in [7, 11) is 0. The van der Waals surface area contributed by atoms with Crippen LogP contribution in [-0.4, -0.2) is 19.0 Å². The largest absolute Gasteiger partial charge is 0.325 e. The number of likely N-dealkylation sites (tertiary alicyclic amines) is 1. The van der Waals surface area contributed by atoms with Crippen molar-refractivity contribution in [3.8, 4) is 0 Å². The number of amides is 1. The zero-order valence-corrected chi connectivity index (χ0v) is 19.9. The number of aryl methyl sites for hydroxylation is 1. The third-order valence-electron chi connectivity index (χ3n) is 6.51. The summed E-state index contributed by atoms with van der Waals surface area (Å²) in [6, 6.07) is 17.9. The van der Waals surface area contributed by atoms with Gasteiger partial charge in [0, 0.05) is 21.0 Å². The highest BCUT2D eigenvalue weighted by molar-refractivity contribution is 7.16. The molecule has 2 aromatic carbocycles. The summed E-state index contributed by atoms with van der Waals surface area (Å²) in [4.78, 5) is 15.8. The van der Waals surface area contributed by atoms with Gasteiger partial charge in [-0.25, -0.2) is 0 Å². The van der Waals surface area contributed by atoms with E-state index in [2.05, 4.69) is 38.2 Å². The second-order valence-electron chi connectivity index (χ2n) is 8.67. The van der Waals surface area contributed by atoms with Gasteiger partial charge in [-0.05, 0) is 62.4 Å². The first-order valence-corrected chi connectivity index (χ1v) is 12.2. The summed E-state index contributed by atoms with van der Waals surface area (Å²) < 4.78 is 0. The molecule has 1 aromatic heterocycles. The smallest absolute Gasteiger partial charge is 0.256 e. The molecule has 1 atom stereocenters. The Balaban J connectivity index is 1.75. The van der Waals surface area contributed by atoms with Gasteiger partial charge in [-0.2, -0.15) is 0 Å². The molecule has 0 saturated carbocycles. The number of halogens is 1. The third kappa shape index (κ3) is 4.87. The number of anilines is 1. The SMILES string of the molecule is Cc1sc(NC(=O)c2ccccc2)c([C@H](c2ccc(Cl)cc2)[NH+]2CCC(C)CC2)c1C. The van der Waals surface area contributed by atoms with Crippen LogP contribution in [-0.2, 0) is 0 Å². The average molecular weight is 454 g/mol. The van der Waals surface area contributed by atoms with E-state index in [4.69, 9.17) is 11.6 Å². The molecule has 31 heavy (non-hydrogen) atoms. The van der Waals surface area contributed by atoms with Gasteiger partial charge in [0.2, 0.25) is 0 Å². The summed E-state index contributed by atoms with van der Waals surface area (Å²) >= 11 is 7.89. The van der Waals surface area contributed by atoms with Crippen molar-refractivity contribution in [1.29, 1.82) is 0 Å². The quantitative estimate of drug-likeness (QED) is 0.512. The number of carbonyl (C=O) groups is 1. The molecule has 1 fully saturated rings. The lowest BCUT2D eigenvalue weighted by atomic mass is 9.91. The zero-order valence-electron chi connectivity index (χ0n) is 18.4. The Hall–Kier alpha value is -2.14. The van der Waals surface area contributed by atoms with Crippen LogP contribution >= 0.6 is 22.9 Å². The van der Waals surface area contributed by atoms with Gasteiger partial charge < -0.3 is 10.2 Å². The van der Waals surface area contributed by atoms with E-state index in [1.54, 1.807) is 16.2 Å². The fourth-order valence-electron chi connectivity index (χ4n) is 4.53. The first-order valence-electron chi connectivity index (χ1n) is 11.0. The number of carbonyl (C=O) groups excluding carboxylic acids is 1. The molecule has 5 heteroatoms. The number of piperidine rings is 1. The first kappa shape index (κ1) is 22.1. The highest BCUT2D eigenvalue weighted by Gasteiger charge is 2.34. The van der Waals surface area contributed by atoms with Gasteiger partial charge >= 0.3 is 0 Å². The van der Waals surface area contributed by atoms with Crippen molar-refractivity contribution < 1.29 is 9.69 Å². The molecule has 1 aliphatic heterocycles. The Kier molecular flexibility index (Phi) is 6.80. The Morgan fingerprint density at radius 1 is 1.06 bits per heavy atom. The van der Waals surface area contributed by atoms with Crippen LogP contribution < -0.4 is 10.2 Å². The maximum atomic E-state index is 13.0. The Morgan fingerprint density at radius 2 is 1.71 bits per heavy atom. The number of quaternary nitrogens is 1. The van der Waals surface area contributed by atoms with Crippen LogP contribution in [0.3, 0.4) is 0 Å². The molecule has 0 bridgehead atoms. The minimum Gasteiger partial charge on any atom is -0.325 e. The van der Waals surface area contributed by atoms with E-state index in [-0.39, 0.29) is 11.9 Å². The number of thiophene rings is 1. The van der Waals surface area contributed by atoms with E-state index in [1.165, 1.54) is 34.4 Å². The maximum absolute atomic E-state index is 13.0. The summed E-state index contributed by atoms with van der Waals surface area (Å²) in [6.45, 7) is 8.95. The van der Waals surface area contributed by atoms with Crippen molar-refractivity contribution >= 4 is 33.8 Å².